The number of hydrogen-bond acceptors (Lipinski definition) is 5. The van der Waals surface area contributed by atoms with Crippen LogP contribution in [0, 0.1) is 5.82 Å². The summed E-state index contributed by atoms with van der Waals surface area (Å²) in [5.41, 5.74) is 2.95. The summed E-state index contributed by atoms with van der Waals surface area (Å²) in [5.74, 6) is 0.333. The van der Waals surface area contributed by atoms with Crippen LogP contribution in [0.5, 0.6) is 11.5 Å². The van der Waals surface area contributed by atoms with Crippen molar-refractivity contribution in [2.75, 3.05) is 32.8 Å². The number of nitrogens with zero attached hydrogens (tertiary/aromatic N) is 2. The zero-order chi connectivity index (χ0) is 21.8. The lowest BCUT2D eigenvalue weighted by Crippen LogP contribution is -2.15. The van der Waals surface area contributed by atoms with Crippen LogP contribution in [0.25, 0.3) is 5.69 Å². The largest absolute Gasteiger partial charge is 0.493 e. The number of ether oxygens (including phenoxy) is 3. The van der Waals surface area contributed by atoms with Gasteiger partial charge in [-0.25, -0.2) is 9.07 Å². The van der Waals surface area contributed by atoms with Crippen molar-refractivity contribution < 1.29 is 23.4 Å². The van der Waals surface area contributed by atoms with Crippen LogP contribution in [0.1, 0.15) is 28.2 Å². The Kier molecular flexibility index (Phi) is 6.18. The Bertz CT molecular complexity index is 1100. The smallest absolute Gasteiger partial charge is 0.276 e. The monoisotopic (exact) mass is 425 g/mol. The van der Waals surface area contributed by atoms with Gasteiger partial charge in [-0.3, -0.25) is 4.79 Å². The molecule has 1 amide bonds. The molecular formula is C23H24FN3O4. The van der Waals surface area contributed by atoms with Crippen LogP contribution in [0.15, 0.2) is 42.5 Å². The molecule has 0 radical (unpaired) electrons. The Hall–Kier alpha value is -3.39. The standard InChI is InChI=1S/C23H24FN3O4/c1-29-12-13-31-21-14-15(10-11-20(21)30-2)25-23(28)22-16-6-5-9-18(16)27(26-22)19-8-4-3-7-17(19)24/h3-4,7-8,10-11,14H,5-6,9,12-13H2,1-2H3,(H,25,28). The van der Waals surface area contributed by atoms with Crippen molar-refractivity contribution in [3.05, 3.63) is 65.2 Å². The van der Waals surface area contributed by atoms with Gasteiger partial charge in [0.15, 0.2) is 17.2 Å². The third-order valence-electron chi connectivity index (χ3n) is 5.19. The molecule has 7 nitrogen and oxygen atoms in total. The van der Waals surface area contributed by atoms with E-state index in [-0.39, 0.29) is 11.7 Å². The van der Waals surface area contributed by atoms with Gasteiger partial charge >= 0.3 is 0 Å². The Morgan fingerprint density at radius 2 is 1.97 bits per heavy atom. The molecule has 0 aliphatic heterocycles. The Morgan fingerprint density at radius 1 is 1.13 bits per heavy atom. The normalized spacial score (nSPS) is 12.5. The lowest BCUT2D eigenvalue weighted by Gasteiger charge is -2.12. The van der Waals surface area contributed by atoms with Gasteiger partial charge in [-0.15, -0.1) is 0 Å². The molecule has 0 saturated heterocycles. The van der Waals surface area contributed by atoms with Crippen LogP contribution < -0.4 is 14.8 Å². The van der Waals surface area contributed by atoms with E-state index in [4.69, 9.17) is 14.2 Å². The third kappa shape index (κ3) is 4.25. The predicted octanol–water partition coefficient (Wildman–Crippen LogP) is 3.79. The molecule has 1 aromatic heterocycles. The molecule has 1 aliphatic carbocycles. The number of para-hydroxylation sites is 1. The fourth-order valence-corrected chi connectivity index (χ4v) is 3.74. The highest BCUT2D eigenvalue weighted by atomic mass is 19.1. The molecule has 1 heterocycles. The zero-order valence-corrected chi connectivity index (χ0v) is 17.5. The van der Waals surface area contributed by atoms with Crippen LogP contribution in [0.3, 0.4) is 0 Å². The summed E-state index contributed by atoms with van der Waals surface area (Å²) in [7, 11) is 3.14. The second-order valence-electron chi connectivity index (χ2n) is 7.15. The van der Waals surface area contributed by atoms with Crippen LogP contribution in [0.4, 0.5) is 10.1 Å². The SMILES string of the molecule is COCCOc1cc(NC(=O)c2nn(-c3ccccc3F)c3c2CCC3)ccc1OC. The van der Waals surface area contributed by atoms with Crippen molar-refractivity contribution in [2.24, 2.45) is 0 Å². The molecule has 0 bridgehead atoms. The average molecular weight is 425 g/mol. The van der Waals surface area contributed by atoms with E-state index in [1.54, 1.807) is 55.3 Å². The van der Waals surface area contributed by atoms with Crippen molar-refractivity contribution >= 4 is 11.6 Å². The Balaban J connectivity index is 1.61. The van der Waals surface area contributed by atoms with Gasteiger partial charge in [0.2, 0.25) is 0 Å². The highest BCUT2D eigenvalue weighted by molar-refractivity contribution is 6.04. The quantitative estimate of drug-likeness (QED) is 0.556. The van der Waals surface area contributed by atoms with Crippen LogP contribution in [0.2, 0.25) is 0 Å². The maximum Gasteiger partial charge on any atom is 0.276 e. The number of methoxy groups -OCH3 is 2. The number of carbonyl (C=O) groups is 1. The fraction of sp³-hybridized carbons (Fsp3) is 0.304. The summed E-state index contributed by atoms with van der Waals surface area (Å²) in [4.78, 5) is 13.1. The summed E-state index contributed by atoms with van der Waals surface area (Å²) in [6.07, 6.45) is 2.40. The fourth-order valence-electron chi connectivity index (χ4n) is 3.74. The highest BCUT2D eigenvalue weighted by Gasteiger charge is 2.28. The summed E-state index contributed by atoms with van der Waals surface area (Å²) < 4.78 is 31.9. The number of hydrogen-bond donors (Lipinski definition) is 1. The van der Waals surface area contributed by atoms with Gasteiger partial charge in [0, 0.05) is 30.1 Å². The minimum Gasteiger partial charge on any atom is -0.493 e. The molecule has 0 spiro atoms. The van der Waals surface area contributed by atoms with Crippen LogP contribution in [-0.2, 0) is 17.6 Å². The molecule has 1 N–H and O–H groups in total. The van der Waals surface area contributed by atoms with Crippen molar-refractivity contribution in [1.29, 1.82) is 0 Å². The Labute approximate surface area is 179 Å². The van der Waals surface area contributed by atoms with Gasteiger partial charge in [0.1, 0.15) is 18.1 Å². The van der Waals surface area contributed by atoms with Crippen molar-refractivity contribution in [1.82, 2.24) is 9.78 Å². The number of aromatic nitrogens is 2. The second kappa shape index (κ2) is 9.18. The molecule has 162 valence electrons. The zero-order valence-electron chi connectivity index (χ0n) is 17.5. The molecule has 8 heteroatoms. The van der Waals surface area contributed by atoms with Crippen LogP contribution >= 0.6 is 0 Å². The van der Waals surface area contributed by atoms with E-state index in [1.807, 2.05) is 0 Å². The Morgan fingerprint density at radius 3 is 2.74 bits per heavy atom. The molecule has 2 aromatic carbocycles. The van der Waals surface area contributed by atoms with Gasteiger partial charge < -0.3 is 19.5 Å². The number of amides is 1. The van der Waals surface area contributed by atoms with Crippen LogP contribution in [-0.4, -0.2) is 43.1 Å². The van der Waals surface area contributed by atoms with Gasteiger partial charge in [-0.1, -0.05) is 12.1 Å². The number of anilines is 1. The van der Waals surface area contributed by atoms with Gasteiger partial charge in [-0.2, -0.15) is 5.10 Å². The van der Waals surface area contributed by atoms with E-state index in [1.165, 1.54) is 6.07 Å². The molecule has 1 aliphatic rings. The lowest BCUT2D eigenvalue weighted by atomic mass is 10.2. The molecule has 3 aromatic rings. The van der Waals surface area contributed by atoms with Gasteiger partial charge in [-0.05, 0) is 43.5 Å². The van der Waals surface area contributed by atoms with Gasteiger partial charge in [0.05, 0.1) is 13.7 Å². The minimum absolute atomic E-state index is 0.313. The first-order chi connectivity index (χ1) is 15.1. The lowest BCUT2D eigenvalue weighted by molar-refractivity contribution is 0.102. The second-order valence-corrected chi connectivity index (χ2v) is 7.15. The van der Waals surface area contributed by atoms with E-state index in [2.05, 4.69) is 10.4 Å². The first-order valence-corrected chi connectivity index (χ1v) is 10.1. The van der Waals surface area contributed by atoms with Crippen molar-refractivity contribution in [3.8, 4) is 17.2 Å². The molecule has 0 atom stereocenters. The number of benzene rings is 2. The maximum atomic E-state index is 14.3. The molecule has 31 heavy (non-hydrogen) atoms. The molecular weight excluding hydrogens is 401 g/mol. The molecule has 4 rings (SSSR count). The highest BCUT2D eigenvalue weighted by Crippen LogP contribution is 2.32. The van der Waals surface area contributed by atoms with E-state index in [0.717, 1.165) is 30.5 Å². The maximum absolute atomic E-state index is 14.3. The molecule has 0 unspecified atom stereocenters. The van der Waals surface area contributed by atoms with Gasteiger partial charge in [0.25, 0.3) is 5.91 Å². The first kappa shape index (κ1) is 20.9. The van der Waals surface area contributed by atoms with E-state index >= 15 is 0 Å². The summed E-state index contributed by atoms with van der Waals surface area (Å²) in [5, 5.41) is 7.34. The summed E-state index contributed by atoms with van der Waals surface area (Å²) in [6, 6.07) is 11.6. The number of fused-ring (bicyclic) bond motifs is 1. The number of carbonyl (C=O) groups excluding carboxylic acids is 1. The third-order valence-corrected chi connectivity index (χ3v) is 5.19. The topological polar surface area (TPSA) is 74.6 Å². The van der Waals surface area contributed by atoms with E-state index < -0.39 is 0 Å². The van der Waals surface area contributed by atoms with E-state index in [0.29, 0.717) is 41.8 Å². The number of halogens is 1. The summed E-state index contributed by atoms with van der Waals surface area (Å²) >= 11 is 0. The van der Waals surface area contributed by atoms with Crippen molar-refractivity contribution in [2.45, 2.75) is 19.3 Å². The number of nitrogens with one attached hydrogen (secondary N) is 1. The number of rotatable bonds is 8. The summed E-state index contributed by atoms with van der Waals surface area (Å²) in [6.45, 7) is 0.782. The minimum atomic E-state index is -0.375. The molecule has 0 saturated carbocycles. The first-order valence-electron chi connectivity index (χ1n) is 10.1. The van der Waals surface area contributed by atoms with Crippen molar-refractivity contribution in [3.63, 3.8) is 0 Å². The average Bonchev–Trinajstić information content (AvgIpc) is 3.38. The predicted molar refractivity (Wildman–Crippen MR) is 114 cm³/mol. The molecule has 0 fully saturated rings. The van der Waals surface area contributed by atoms with E-state index in [9.17, 15) is 9.18 Å².